The van der Waals surface area contributed by atoms with Gasteiger partial charge in [0.25, 0.3) is 5.91 Å². The van der Waals surface area contributed by atoms with Gasteiger partial charge in [0.1, 0.15) is 0 Å². The zero-order valence-corrected chi connectivity index (χ0v) is 14.6. The van der Waals surface area contributed by atoms with Crippen LogP contribution in [0.25, 0.3) is 16.6 Å². The van der Waals surface area contributed by atoms with Gasteiger partial charge in [-0.15, -0.1) is 5.10 Å². The molecule has 4 rings (SSSR count). The molecular weight excluding hydrogens is 350 g/mol. The molecule has 1 amide bonds. The molecule has 6 nitrogen and oxygen atoms in total. The normalized spacial score (nSPS) is 10.8. The summed E-state index contributed by atoms with van der Waals surface area (Å²) >= 11 is 6.01. The highest BCUT2D eigenvalue weighted by Crippen LogP contribution is 2.21. The standard InChI is InChI=1S/C19H14ClN5O/c1-12-17(24-25(23-12)15-8-3-7-14(20)11-15)19(26)22-16-9-2-5-13-6-4-10-21-18(13)16/h2-11H,1H3,(H,22,26). The smallest absolute Gasteiger partial charge is 0.278 e. The van der Waals surface area contributed by atoms with Crippen molar-refractivity contribution in [1.29, 1.82) is 0 Å². The first kappa shape index (κ1) is 16.2. The van der Waals surface area contributed by atoms with E-state index in [2.05, 4.69) is 20.5 Å². The molecule has 2 heterocycles. The van der Waals surface area contributed by atoms with Crippen molar-refractivity contribution >= 4 is 34.1 Å². The first-order valence-corrected chi connectivity index (χ1v) is 8.34. The molecule has 7 heteroatoms. The predicted octanol–water partition coefficient (Wildman–Crippen LogP) is 4.03. The van der Waals surface area contributed by atoms with Gasteiger partial charge in [-0.25, -0.2) is 0 Å². The monoisotopic (exact) mass is 363 g/mol. The Morgan fingerprint density at radius 2 is 1.88 bits per heavy atom. The van der Waals surface area contributed by atoms with E-state index < -0.39 is 0 Å². The highest BCUT2D eigenvalue weighted by molar-refractivity contribution is 6.30. The molecular formula is C19H14ClN5O. The first-order chi connectivity index (χ1) is 12.6. The number of anilines is 1. The van der Waals surface area contributed by atoms with E-state index in [1.807, 2.05) is 36.4 Å². The van der Waals surface area contributed by atoms with Gasteiger partial charge >= 0.3 is 0 Å². The number of hydrogen-bond acceptors (Lipinski definition) is 4. The minimum atomic E-state index is -0.339. The molecule has 2 aromatic carbocycles. The SMILES string of the molecule is Cc1nn(-c2cccc(Cl)c2)nc1C(=O)Nc1cccc2cccnc12. The summed E-state index contributed by atoms with van der Waals surface area (Å²) in [5.74, 6) is -0.339. The van der Waals surface area contributed by atoms with Gasteiger partial charge in [0.05, 0.1) is 22.6 Å². The lowest BCUT2D eigenvalue weighted by molar-refractivity contribution is 0.102. The minimum absolute atomic E-state index is 0.248. The van der Waals surface area contributed by atoms with Crippen LogP contribution in [0.5, 0.6) is 0 Å². The maximum atomic E-state index is 12.7. The molecule has 26 heavy (non-hydrogen) atoms. The average molecular weight is 364 g/mol. The second-order valence-corrected chi connectivity index (χ2v) is 6.17. The topological polar surface area (TPSA) is 72.7 Å². The highest BCUT2D eigenvalue weighted by Gasteiger charge is 2.17. The number of aromatic nitrogens is 4. The molecule has 0 fully saturated rings. The lowest BCUT2D eigenvalue weighted by Crippen LogP contribution is -2.14. The van der Waals surface area contributed by atoms with Crippen LogP contribution in [0.2, 0.25) is 5.02 Å². The summed E-state index contributed by atoms with van der Waals surface area (Å²) < 4.78 is 0. The summed E-state index contributed by atoms with van der Waals surface area (Å²) in [7, 11) is 0. The Hall–Kier alpha value is -3.25. The number of benzene rings is 2. The Kier molecular flexibility index (Phi) is 4.10. The van der Waals surface area contributed by atoms with Crippen LogP contribution in [-0.4, -0.2) is 25.9 Å². The van der Waals surface area contributed by atoms with E-state index in [4.69, 9.17) is 11.6 Å². The Labute approximate surface area is 154 Å². The number of carbonyl (C=O) groups excluding carboxylic acids is 1. The van der Waals surface area contributed by atoms with E-state index in [9.17, 15) is 4.79 Å². The van der Waals surface area contributed by atoms with Crippen LogP contribution in [0.4, 0.5) is 5.69 Å². The molecule has 4 aromatic rings. The predicted molar refractivity (Wildman–Crippen MR) is 101 cm³/mol. The largest absolute Gasteiger partial charge is 0.319 e. The van der Waals surface area contributed by atoms with Gasteiger partial charge in [0, 0.05) is 16.6 Å². The quantitative estimate of drug-likeness (QED) is 0.596. The Morgan fingerprint density at radius 1 is 1.08 bits per heavy atom. The second kappa shape index (κ2) is 6.57. The Balaban J connectivity index is 1.66. The number of halogens is 1. The van der Waals surface area contributed by atoms with E-state index in [-0.39, 0.29) is 11.6 Å². The summed E-state index contributed by atoms with van der Waals surface area (Å²) in [5, 5.41) is 13.0. The third-order valence-electron chi connectivity index (χ3n) is 3.92. The van der Waals surface area contributed by atoms with Crippen molar-refractivity contribution < 1.29 is 4.79 Å². The third kappa shape index (κ3) is 3.02. The van der Waals surface area contributed by atoms with Gasteiger partial charge in [0.2, 0.25) is 0 Å². The molecule has 0 spiro atoms. The van der Waals surface area contributed by atoms with Crippen molar-refractivity contribution in [1.82, 2.24) is 20.0 Å². The summed E-state index contributed by atoms with van der Waals surface area (Å²) in [5.41, 5.74) is 2.81. The molecule has 0 atom stereocenters. The summed E-state index contributed by atoms with van der Waals surface area (Å²) in [4.78, 5) is 18.5. The molecule has 0 unspecified atom stereocenters. The zero-order valence-electron chi connectivity index (χ0n) is 13.8. The van der Waals surface area contributed by atoms with Gasteiger partial charge in [-0.1, -0.05) is 35.9 Å². The summed E-state index contributed by atoms with van der Waals surface area (Å²) in [6.07, 6.45) is 1.69. The number of rotatable bonds is 3. The molecule has 0 aliphatic rings. The number of para-hydroxylation sites is 1. The van der Waals surface area contributed by atoms with Gasteiger partial charge < -0.3 is 5.32 Å². The molecule has 128 valence electrons. The molecule has 0 aliphatic carbocycles. The van der Waals surface area contributed by atoms with Crippen molar-refractivity contribution in [2.24, 2.45) is 0 Å². The van der Waals surface area contributed by atoms with Crippen LogP contribution < -0.4 is 5.32 Å². The van der Waals surface area contributed by atoms with E-state index in [1.54, 1.807) is 31.3 Å². The molecule has 1 N–H and O–H groups in total. The van der Waals surface area contributed by atoms with Gasteiger partial charge in [-0.2, -0.15) is 9.90 Å². The van der Waals surface area contributed by atoms with Crippen molar-refractivity contribution in [3.63, 3.8) is 0 Å². The van der Waals surface area contributed by atoms with Crippen molar-refractivity contribution in [3.8, 4) is 5.69 Å². The fourth-order valence-corrected chi connectivity index (χ4v) is 2.88. The van der Waals surface area contributed by atoms with Gasteiger partial charge in [-0.3, -0.25) is 9.78 Å². The first-order valence-electron chi connectivity index (χ1n) is 7.97. The van der Waals surface area contributed by atoms with Crippen LogP contribution in [-0.2, 0) is 0 Å². The highest BCUT2D eigenvalue weighted by atomic mass is 35.5. The molecule has 0 saturated carbocycles. The number of aryl methyl sites for hydroxylation is 1. The lowest BCUT2D eigenvalue weighted by Gasteiger charge is -2.06. The van der Waals surface area contributed by atoms with Gasteiger partial charge in [-0.05, 0) is 37.3 Å². The van der Waals surface area contributed by atoms with Crippen LogP contribution in [0.3, 0.4) is 0 Å². The van der Waals surface area contributed by atoms with E-state index in [0.29, 0.717) is 22.1 Å². The maximum absolute atomic E-state index is 12.7. The van der Waals surface area contributed by atoms with Crippen LogP contribution in [0.1, 0.15) is 16.2 Å². The Morgan fingerprint density at radius 3 is 2.73 bits per heavy atom. The maximum Gasteiger partial charge on any atom is 0.278 e. The number of hydrogen-bond donors (Lipinski definition) is 1. The van der Waals surface area contributed by atoms with E-state index >= 15 is 0 Å². The van der Waals surface area contributed by atoms with Crippen LogP contribution in [0, 0.1) is 6.92 Å². The third-order valence-corrected chi connectivity index (χ3v) is 4.15. The molecule has 0 aliphatic heterocycles. The molecule has 0 radical (unpaired) electrons. The fraction of sp³-hybridized carbons (Fsp3) is 0.0526. The summed E-state index contributed by atoms with van der Waals surface area (Å²) in [6.45, 7) is 1.74. The number of carbonyl (C=O) groups is 1. The molecule has 0 saturated heterocycles. The van der Waals surface area contributed by atoms with E-state index in [0.717, 1.165) is 10.9 Å². The average Bonchev–Trinajstić information content (AvgIpc) is 3.04. The molecule has 2 aromatic heterocycles. The lowest BCUT2D eigenvalue weighted by atomic mass is 10.2. The zero-order chi connectivity index (χ0) is 18.1. The number of nitrogens with one attached hydrogen (secondary N) is 1. The van der Waals surface area contributed by atoms with Gasteiger partial charge in [0.15, 0.2) is 5.69 Å². The minimum Gasteiger partial charge on any atom is -0.319 e. The Bertz CT molecular complexity index is 1120. The van der Waals surface area contributed by atoms with Crippen molar-refractivity contribution in [2.75, 3.05) is 5.32 Å². The van der Waals surface area contributed by atoms with Crippen LogP contribution >= 0.6 is 11.6 Å². The number of fused-ring (bicyclic) bond motifs is 1. The number of nitrogens with zero attached hydrogens (tertiary/aromatic N) is 4. The number of amides is 1. The van der Waals surface area contributed by atoms with E-state index in [1.165, 1.54) is 4.80 Å². The van der Waals surface area contributed by atoms with Crippen molar-refractivity contribution in [2.45, 2.75) is 6.92 Å². The summed E-state index contributed by atoms with van der Waals surface area (Å²) in [6, 6.07) is 16.5. The van der Waals surface area contributed by atoms with Crippen LogP contribution in [0.15, 0.2) is 60.8 Å². The molecule has 0 bridgehead atoms. The fourth-order valence-electron chi connectivity index (χ4n) is 2.69. The number of pyridine rings is 1. The van der Waals surface area contributed by atoms with Crippen molar-refractivity contribution in [3.05, 3.63) is 77.2 Å². The second-order valence-electron chi connectivity index (χ2n) is 5.74.